The highest BCUT2D eigenvalue weighted by molar-refractivity contribution is 7.92. The molecule has 0 N–H and O–H groups in total. The van der Waals surface area contributed by atoms with E-state index >= 15 is 0 Å². The summed E-state index contributed by atoms with van der Waals surface area (Å²) >= 11 is 0. The van der Waals surface area contributed by atoms with Crippen LogP contribution < -0.4 is 4.31 Å². The topological polar surface area (TPSA) is 57.7 Å². The maximum Gasteiger partial charge on any atom is 0.253 e. The van der Waals surface area contributed by atoms with Crippen molar-refractivity contribution in [1.82, 2.24) is 4.90 Å². The minimum absolute atomic E-state index is 0.0246. The number of benzene rings is 1. The third kappa shape index (κ3) is 3.43. The summed E-state index contributed by atoms with van der Waals surface area (Å²) in [5, 5.41) is 0. The molecule has 1 amide bonds. The lowest BCUT2D eigenvalue weighted by atomic mass is 10.1. The number of unbranched alkanes of at least 4 members (excludes halogenated alkanes) is 1. The van der Waals surface area contributed by atoms with Gasteiger partial charge in [0.25, 0.3) is 5.91 Å². The van der Waals surface area contributed by atoms with E-state index < -0.39 is 10.0 Å². The largest absolute Gasteiger partial charge is 0.339 e. The molecule has 1 aliphatic heterocycles. The molecule has 0 atom stereocenters. The Bertz CT molecular complexity index is 655. The van der Waals surface area contributed by atoms with Crippen LogP contribution in [0.3, 0.4) is 0 Å². The molecule has 0 saturated heterocycles. The summed E-state index contributed by atoms with van der Waals surface area (Å²) in [6, 6.07) is 5.33. The van der Waals surface area contributed by atoms with Gasteiger partial charge in [0.1, 0.15) is 0 Å². The molecule has 0 aromatic heterocycles. The van der Waals surface area contributed by atoms with Crippen molar-refractivity contribution in [3.8, 4) is 0 Å². The molecule has 0 aliphatic carbocycles. The molecule has 0 unspecified atom stereocenters. The van der Waals surface area contributed by atoms with Gasteiger partial charge in [-0.05, 0) is 43.5 Å². The summed E-state index contributed by atoms with van der Waals surface area (Å²) in [5.74, 6) is 0.0246. The van der Waals surface area contributed by atoms with Gasteiger partial charge in [-0.15, -0.1) is 0 Å². The smallest absolute Gasteiger partial charge is 0.253 e. The number of fused-ring (bicyclic) bond motifs is 1. The lowest BCUT2D eigenvalue weighted by molar-refractivity contribution is 0.0762. The maximum absolute atomic E-state index is 12.6. The van der Waals surface area contributed by atoms with Crippen LogP contribution in [0.25, 0.3) is 0 Å². The quantitative estimate of drug-likeness (QED) is 0.806. The standard InChI is InChI=1S/C16H24N2O3S/c1-4-6-10-17(5-2)16(19)14-7-8-15-13(12-14)9-11-18(15)22(3,20)21/h7-8,12H,4-6,9-11H2,1-3H3. The van der Waals surface area contributed by atoms with E-state index in [0.29, 0.717) is 30.8 Å². The fourth-order valence-corrected chi connectivity index (χ4v) is 3.74. The van der Waals surface area contributed by atoms with Gasteiger partial charge < -0.3 is 4.90 Å². The molecule has 1 aromatic rings. The monoisotopic (exact) mass is 324 g/mol. The molecule has 22 heavy (non-hydrogen) atoms. The summed E-state index contributed by atoms with van der Waals surface area (Å²) < 4.78 is 24.9. The fraction of sp³-hybridized carbons (Fsp3) is 0.562. The predicted molar refractivity (Wildman–Crippen MR) is 88.8 cm³/mol. The first kappa shape index (κ1) is 16.8. The molecule has 6 heteroatoms. The van der Waals surface area contributed by atoms with E-state index in [0.717, 1.165) is 24.9 Å². The van der Waals surface area contributed by atoms with Crippen molar-refractivity contribution in [3.05, 3.63) is 29.3 Å². The fourth-order valence-electron chi connectivity index (χ4n) is 2.78. The Balaban J connectivity index is 2.24. The van der Waals surface area contributed by atoms with Gasteiger partial charge in [-0.25, -0.2) is 8.42 Å². The minimum atomic E-state index is -3.24. The first-order valence-corrected chi connectivity index (χ1v) is 9.63. The van der Waals surface area contributed by atoms with Gasteiger partial charge in [0.05, 0.1) is 11.9 Å². The molecule has 5 nitrogen and oxygen atoms in total. The Morgan fingerprint density at radius 1 is 1.32 bits per heavy atom. The van der Waals surface area contributed by atoms with Gasteiger partial charge >= 0.3 is 0 Å². The van der Waals surface area contributed by atoms with Crippen LogP contribution in [0.1, 0.15) is 42.6 Å². The summed E-state index contributed by atoms with van der Waals surface area (Å²) in [6.07, 6.45) is 3.92. The molecule has 122 valence electrons. The summed E-state index contributed by atoms with van der Waals surface area (Å²) in [6.45, 7) is 5.99. The Morgan fingerprint density at radius 3 is 2.64 bits per heavy atom. The van der Waals surface area contributed by atoms with Crippen LogP contribution >= 0.6 is 0 Å². The zero-order chi connectivity index (χ0) is 16.3. The highest BCUT2D eigenvalue weighted by atomic mass is 32.2. The summed E-state index contributed by atoms with van der Waals surface area (Å²) in [5.41, 5.74) is 2.28. The number of nitrogens with zero attached hydrogens (tertiary/aromatic N) is 2. The molecular weight excluding hydrogens is 300 g/mol. The molecular formula is C16H24N2O3S. The molecule has 1 aliphatic rings. The number of sulfonamides is 1. The van der Waals surface area contributed by atoms with Crippen LogP contribution in [0, 0.1) is 0 Å². The highest BCUT2D eigenvalue weighted by Gasteiger charge is 2.27. The molecule has 0 bridgehead atoms. The number of rotatable bonds is 6. The lowest BCUT2D eigenvalue weighted by Crippen LogP contribution is -2.31. The van der Waals surface area contributed by atoms with Crippen LogP contribution in [0.2, 0.25) is 0 Å². The van der Waals surface area contributed by atoms with Gasteiger partial charge in [-0.3, -0.25) is 9.10 Å². The van der Waals surface area contributed by atoms with Crippen molar-refractivity contribution in [3.63, 3.8) is 0 Å². The van der Waals surface area contributed by atoms with E-state index in [1.165, 1.54) is 10.6 Å². The SMILES string of the molecule is CCCCN(CC)C(=O)c1ccc2c(c1)CCN2S(C)(=O)=O. The van der Waals surface area contributed by atoms with Crippen molar-refractivity contribution >= 4 is 21.6 Å². The number of carbonyl (C=O) groups is 1. The van der Waals surface area contributed by atoms with Gasteiger partial charge in [-0.2, -0.15) is 0 Å². The number of hydrogen-bond acceptors (Lipinski definition) is 3. The maximum atomic E-state index is 12.6. The summed E-state index contributed by atoms with van der Waals surface area (Å²) in [7, 11) is -3.24. The predicted octanol–water partition coefficient (Wildman–Crippen LogP) is 2.27. The Labute approximate surface area is 133 Å². The van der Waals surface area contributed by atoms with Gasteiger partial charge in [-0.1, -0.05) is 13.3 Å². The van der Waals surface area contributed by atoms with Crippen LogP contribution in [-0.2, 0) is 16.4 Å². The third-order valence-electron chi connectivity index (χ3n) is 4.03. The summed E-state index contributed by atoms with van der Waals surface area (Å²) in [4.78, 5) is 14.4. The Hall–Kier alpha value is -1.56. The zero-order valence-electron chi connectivity index (χ0n) is 13.5. The Morgan fingerprint density at radius 2 is 2.05 bits per heavy atom. The molecule has 0 saturated carbocycles. The number of hydrogen-bond donors (Lipinski definition) is 0. The van der Waals surface area contributed by atoms with Crippen molar-refractivity contribution in [2.24, 2.45) is 0 Å². The average molecular weight is 324 g/mol. The van der Waals surface area contributed by atoms with E-state index in [2.05, 4.69) is 6.92 Å². The molecule has 0 radical (unpaired) electrons. The second-order valence-corrected chi connectivity index (χ2v) is 7.57. The first-order chi connectivity index (χ1) is 10.4. The van der Waals surface area contributed by atoms with Crippen LogP contribution in [-0.4, -0.2) is 45.1 Å². The van der Waals surface area contributed by atoms with Crippen molar-refractivity contribution in [2.45, 2.75) is 33.1 Å². The molecule has 1 heterocycles. The second-order valence-electron chi connectivity index (χ2n) is 5.67. The van der Waals surface area contributed by atoms with Crippen molar-refractivity contribution in [2.75, 3.05) is 30.2 Å². The molecule has 0 fully saturated rings. The van der Waals surface area contributed by atoms with Gasteiger partial charge in [0, 0.05) is 25.2 Å². The van der Waals surface area contributed by atoms with Crippen molar-refractivity contribution in [1.29, 1.82) is 0 Å². The lowest BCUT2D eigenvalue weighted by Gasteiger charge is -2.21. The zero-order valence-corrected chi connectivity index (χ0v) is 14.3. The highest BCUT2D eigenvalue weighted by Crippen LogP contribution is 2.31. The first-order valence-electron chi connectivity index (χ1n) is 7.78. The third-order valence-corrected chi connectivity index (χ3v) is 5.21. The van der Waals surface area contributed by atoms with Crippen LogP contribution in [0.5, 0.6) is 0 Å². The normalized spacial score (nSPS) is 14.0. The van der Waals surface area contributed by atoms with Crippen LogP contribution in [0.4, 0.5) is 5.69 Å². The van der Waals surface area contributed by atoms with Gasteiger partial charge in [0.2, 0.25) is 10.0 Å². The average Bonchev–Trinajstić information content (AvgIpc) is 2.90. The van der Waals surface area contributed by atoms with Gasteiger partial charge in [0.15, 0.2) is 0 Å². The van der Waals surface area contributed by atoms with E-state index in [-0.39, 0.29) is 5.91 Å². The van der Waals surface area contributed by atoms with Crippen LogP contribution in [0.15, 0.2) is 18.2 Å². The van der Waals surface area contributed by atoms with E-state index in [1.807, 2.05) is 17.9 Å². The van der Waals surface area contributed by atoms with Crippen molar-refractivity contribution < 1.29 is 13.2 Å². The second kappa shape index (κ2) is 6.69. The van der Waals surface area contributed by atoms with E-state index in [4.69, 9.17) is 0 Å². The number of amides is 1. The Kier molecular flexibility index (Phi) is 5.11. The number of anilines is 1. The van der Waals surface area contributed by atoms with E-state index in [9.17, 15) is 13.2 Å². The molecule has 1 aromatic carbocycles. The molecule has 2 rings (SSSR count). The number of carbonyl (C=O) groups excluding carboxylic acids is 1. The molecule has 0 spiro atoms. The van der Waals surface area contributed by atoms with E-state index in [1.54, 1.807) is 12.1 Å². The minimum Gasteiger partial charge on any atom is -0.339 e.